The van der Waals surface area contributed by atoms with E-state index in [1.54, 1.807) is 6.07 Å². The first-order valence-corrected chi connectivity index (χ1v) is 11.6. The molecule has 3 aliphatic heterocycles. The highest BCUT2D eigenvalue weighted by molar-refractivity contribution is 6.30. The third-order valence-corrected chi connectivity index (χ3v) is 7.38. The van der Waals surface area contributed by atoms with Gasteiger partial charge in [-0.1, -0.05) is 13.0 Å². The number of fused-ring (bicyclic) bond motifs is 4. The number of halogens is 3. The summed E-state index contributed by atoms with van der Waals surface area (Å²) in [6, 6.07) is 6.07. The number of piperazine rings is 1. The number of carbonyl (C=O) groups is 3. The summed E-state index contributed by atoms with van der Waals surface area (Å²) >= 11 is 0. The molecule has 2 aromatic rings. The van der Waals surface area contributed by atoms with E-state index in [1.807, 2.05) is 16.7 Å². The molecule has 3 aliphatic rings. The average Bonchev–Trinajstić information content (AvgIpc) is 2.86. The number of benzene rings is 2. The zero-order valence-corrected chi connectivity index (χ0v) is 19.6. The number of urea groups is 1. The molecule has 0 saturated carbocycles. The summed E-state index contributed by atoms with van der Waals surface area (Å²) in [4.78, 5) is 55.8. The molecule has 0 aliphatic carbocycles. The molecule has 13 heteroatoms. The van der Waals surface area contributed by atoms with E-state index >= 15 is 0 Å². The molecule has 10 nitrogen and oxygen atoms in total. The molecule has 1 N–H and O–H groups in total. The summed E-state index contributed by atoms with van der Waals surface area (Å²) in [6.07, 6.45) is -4.97. The number of hydrogen-bond donors (Lipinski definition) is 1. The monoisotopic (exact) mass is 517 g/mol. The summed E-state index contributed by atoms with van der Waals surface area (Å²) < 4.78 is 40.2. The second kappa shape index (κ2) is 8.54. The topological polar surface area (TPSA) is 116 Å². The number of imide groups is 2. The molecule has 0 aromatic heterocycles. The van der Waals surface area contributed by atoms with Gasteiger partial charge in [0.25, 0.3) is 11.6 Å². The molecule has 0 radical (unpaired) electrons. The highest BCUT2D eigenvalue weighted by Gasteiger charge is 2.63. The fraction of sp³-hybridized carbons (Fsp3) is 0.375. The third kappa shape index (κ3) is 3.80. The van der Waals surface area contributed by atoms with E-state index in [0.29, 0.717) is 41.9 Å². The zero-order chi connectivity index (χ0) is 26.7. The zero-order valence-electron chi connectivity index (χ0n) is 19.6. The second-order valence-corrected chi connectivity index (χ2v) is 9.27. The van der Waals surface area contributed by atoms with Crippen LogP contribution in [0.1, 0.15) is 18.1 Å². The molecular formula is C24H22F3N5O5. The quantitative estimate of drug-likeness (QED) is 0.378. The Labute approximate surface area is 208 Å². The fourth-order valence-corrected chi connectivity index (χ4v) is 5.52. The number of barbiturate groups is 1. The second-order valence-electron chi connectivity index (χ2n) is 9.27. The minimum atomic E-state index is -4.72. The van der Waals surface area contributed by atoms with Crippen molar-refractivity contribution in [2.75, 3.05) is 36.0 Å². The number of alkyl halides is 3. The normalized spacial score (nSPS) is 24.1. The Hall–Kier alpha value is -4.00. The number of hydrogen-bond acceptors (Lipinski definition) is 7. The van der Waals surface area contributed by atoms with Crippen molar-refractivity contribution in [2.45, 2.75) is 25.6 Å². The van der Waals surface area contributed by atoms with E-state index in [0.717, 1.165) is 12.1 Å². The van der Waals surface area contributed by atoms with E-state index in [2.05, 4.69) is 5.32 Å². The van der Waals surface area contributed by atoms with Gasteiger partial charge in [0.2, 0.25) is 5.91 Å². The van der Waals surface area contributed by atoms with Crippen molar-refractivity contribution in [1.82, 2.24) is 10.2 Å². The largest absolute Gasteiger partial charge is 0.416 e. The standard InChI is InChI=1S/C24H22F3N5O5/c1-2-29-8-9-30-18-7-6-17(32(36)37)10-14(18)12-23(19(30)13-29)20(33)28-22(35)31(21(23)34)16-5-3-4-15(11-16)24(25,26)27/h3-7,10-11,19H,2,8-9,12-13H2,1H3,(H,28,33,35). The molecule has 37 heavy (non-hydrogen) atoms. The van der Waals surface area contributed by atoms with E-state index in [9.17, 15) is 37.7 Å². The van der Waals surface area contributed by atoms with E-state index in [4.69, 9.17) is 0 Å². The molecule has 194 valence electrons. The molecule has 2 atom stereocenters. The number of nitrogens with one attached hydrogen (secondary N) is 1. The average molecular weight is 517 g/mol. The Kier molecular flexibility index (Phi) is 5.70. The van der Waals surface area contributed by atoms with Crippen LogP contribution in [-0.4, -0.2) is 59.9 Å². The molecule has 2 unspecified atom stereocenters. The first kappa shape index (κ1) is 24.7. The number of amides is 4. The number of nitro benzene ring substituents is 1. The lowest BCUT2D eigenvalue weighted by Gasteiger charge is -2.55. The number of non-ortho nitro benzene ring substituents is 1. The smallest absolute Gasteiger partial charge is 0.364 e. The molecule has 2 saturated heterocycles. The van der Waals surface area contributed by atoms with Gasteiger partial charge in [0.15, 0.2) is 5.41 Å². The number of anilines is 2. The van der Waals surface area contributed by atoms with E-state index < -0.39 is 46.0 Å². The summed E-state index contributed by atoms with van der Waals surface area (Å²) in [5, 5.41) is 13.6. The minimum Gasteiger partial charge on any atom is -0.364 e. The van der Waals surface area contributed by atoms with Crippen LogP contribution in [-0.2, 0) is 22.2 Å². The molecule has 3 heterocycles. The lowest BCUT2D eigenvalue weighted by atomic mass is 9.67. The van der Waals surface area contributed by atoms with Gasteiger partial charge in [-0.25, -0.2) is 9.69 Å². The minimum absolute atomic E-state index is 0.228. The maximum atomic E-state index is 14.1. The molecule has 2 aromatic carbocycles. The Morgan fingerprint density at radius 1 is 1.14 bits per heavy atom. The third-order valence-electron chi connectivity index (χ3n) is 7.38. The van der Waals surface area contributed by atoms with Crippen molar-refractivity contribution in [1.29, 1.82) is 0 Å². The predicted octanol–water partition coefficient (Wildman–Crippen LogP) is 2.95. The Morgan fingerprint density at radius 3 is 2.57 bits per heavy atom. The Morgan fingerprint density at radius 2 is 1.89 bits per heavy atom. The van der Waals surface area contributed by atoms with Crippen LogP contribution in [0.25, 0.3) is 0 Å². The maximum Gasteiger partial charge on any atom is 0.416 e. The predicted molar refractivity (Wildman–Crippen MR) is 125 cm³/mol. The van der Waals surface area contributed by atoms with Crippen LogP contribution >= 0.6 is 0 Å². The number of likely N-dealkylation sites (N-methyl/N-ethyl adjacent to an activating group) is 1. The van der Waals surface area contributed by atoms with Crippen LogP contribution in [0.2, 0.25) is 0 Å². The lowest BCUT2D eigenvalue weighted by Crippen LogP contribution is -2.75. The molecule has 2 fully saturated rings. The van der Waals surface area contributed by atoms with Crippen LogP contribution in [0.5, 0.6) is 0 Å². The van der Waals surface area contributed by atoms with Crippen molar-refractivity contribution in [3.8, 4) is 0 Å². The first-order chi connectivity index (χ1) is 17.5. The molecule has 5 rings (SSSR count). The molecular weight excluding hydrogens is 495 g/mol. The van der Waals surface area contributed by atoms with Crippen molar-refractivity contribution in [3.63, 3.8) is 0 Å². The van der Waals surface area contributed by atoms with Crippen LogP contribution < -0.4 is 15.1 Å². The van der Waals surface area contributed by atoms with Gasteiger partial charge in [0, 0.05) is 43.9 Å². The number of rotatable bonds is 3. The maximum absolute atomic E-state index is 14.1. The van der Waals surface area contributed by atoms with E-state index in [-0.39, 0.29) is 24.3 Å². The fourth-order valence-electron chi connectivity index (χ4n) is 5.52. The molecule has 1 spiro atoms. The van der Waals surface area contributed by atoms with Gasteiger partial charge in [-0.2, -0.15) is 13.2 Å². The van der Waals surface area contributed by atoms with Gasteiger partial charge in [0.1, 0.15) is 0 Å². The van der Waals surface area contributed by atoms with Gasteiger partial charge in [-0.3, -0.25) is 29.9 Å². The number of nitro groups is 1. The van der Waals surface area contributed by atoms with Gasteiger partial charge >= 0.3 is 12.2 Å². The van der Waals surface area contributed by atoms with Crippen molar-refractivity contribution in [2.24, 2.45) is 5.41 Å². The van der Waals surface area contributed by atoms with Crippen LogP contribution in [0.15, 0.2) is 42.5 Å². The Balaban J connectivity index is 1.67. The summed E-state index contributed by atoms with van der Waals surface area (Å²) in [7, 11) is 0. The SMILES string of the molecule is CCN1CCN2c3ccc([N+](=O)[O-])cc3CC3(C(=O)NC(=O)N(c4cccc(C(F)(F)F)c4)C3=O)C2C1. The van der Waals surface area contributed by atoms with Crippen LogP contribution in [0, 0.1) is 15.5 Å². The first-order valence-electron chi connectivity index (χ1n) is 11.6. The van der Waals surface area contributed by atoms with Gasteiger partial charge in [-0.05, 0) is 36.4 Å². The summed E-state index contributed by atoms with van der Waals surface area (Å²) in [6.45, 7) is 3.83. The van der Waals surface area contributed by atoms with Crippen molar-refractivity contribution >= 4 is 34.9 Å². The highest BCUT2D eigenvalue weighted by Crippen LogP contribution is 2.47. The van der Waals surface area contributed by atoms with Crippen LogP contribution in [0.4, 0.5) is 35.0 Å². The highest BCUT2D eigenvalue weighted by atomic mass is 19.4. The Bertz CT molecular complexity index is 1330. The molecule has 0 bridgehead atoms. The van der Waals surface area contributed by atoms with Gasteiger partial charge in [0.05, 0.1) is 22.2 Å². The number of nitrogens with zero attached hydrogens (tertiary/aromatic N) is 4. The number of carbonyl (C=O) groups excluding carboxylic acids is 3. The lowest BCUT2D eigenvalue weighted by molar-refractivity contribution is -0.384. The summed E-state index contributed by atoms with van der Waals surface area (Å²) in [5.41, 5.74) is -2.51. The van der Waals surface area contributed by atoms with Crippen LogP contribution in [0.3, 0.4) is 0 Å². The summed E-state index contributed by atoms with van der Waals surface area (Å²) in [5.74, 6) is -1.85. The van der Waals surface area contributed by atoms with Gasteiger partial charge in [-0.15, -0.1) is 0 Å². The van der Waals surface area contributed by atoms with E-state index in [1.165, 1.54) is 18.2 Å². The van der Waals surface area contributed by atoms with Crippen molar-refractivity contribution in [3.05, 3.63) is 63.7 Å². The van der Waals surface area contributed by atoms with Gasteiger partial charge < -0.3 is 4.90 Å². The molecule has 4 amide bonds. The van der Waals surface area contributed by atoms with Crippen molar-refractivity contribution < 1.29 is 32.5 Å².